The highest BCUT2D eigenvalue weighted by Gasteiger charge is 2.22. The van der Waals surface area contributed by atoms with Gasteiger partial charge in [0, 0.05) is 18.6 Å². The van der Waals surface area contributed by atoms with Gasteiger partial charge in [-0.2, -0.15) is 0 Å². The molecule has 0 spiro atoms. The number of rotatable bonds is 2. The Bertz CT molecular complexity index is 173. The van der Waals surface area contributed by atoms with Gasteiger partial charge in [0.1, 0.15) is 0 Å². The number of nitrogens with zero attached hydrogens (tertiary/aromatic N) is 1. The summed E-state index contributed by atoms with van der Waals surface area (Å²) < 4.78 is 0. The maximum atomic E-state index is 3.87. The Kier molecular flexibility index (Phi) is 4.45. The first-order valence-electron chi connectivity index (χ1n) is 6.79. The number of nitrogens with one attached hydrogen (secondary N) is 1. The normalized spacial score (nSPS) is 31.4. The molecule has 1 heterocycles. The fraction of sp³-hybridized carbons (Fsp3) is 1.00. The van der Waals surface area contributed by atoms with Crippen molar-refractivity contribution in [2.24, 2.45) is 0 Å². The van der Waals surface area contributed by atoms with Crippen LogP contribution < -0.4 is 5.32 Å². The summed E-state index contributed by atoms with van der Waals surface area (Å²) in [5.74, 6) is 0. The molecular formula is C13H26N2. The van der Waals surface area contributed by atoms with Gasteiger partial charge in [-0.15, -0.1) is 0 Å². The minimum absolute atomic E-state index is 0.777. The summed E-state index contributed by atoms with van der Waals surface area (Å²) in [6, 6.07) is 1.60. The van der Waals surface area contributed by atoms with E-state index in [1.54, 1.807) is 0 Å². The van der Waals surface area contributed by atoms with Crippen molar-refractivity contribution in [1.29, 1.82) is 0 Å². The van der Waals surface area contributed by atoms with E-state index in [1.807, 2.05) is 0 Å². The molecule has 0 aromatic carbocycles. The highest BCUT2D eigenvalue weighted by molar-refractivity contribution is 4.82. The predicted molar refractivity (Wildman–Crippen MR) is 65.1 cm³/mol. The molecule has 0 amide bonds. The van der Waals surface area contributed by atoms with Crippen molar-refractivity contribution in [3.63, 3.8) is 0 Å². The quantitative estimate of drug-likeness (QED) is 0.753. The van der Waals surface area contributed by atoms with Crippen molar-refractivity contribution in [2.45, 2.75) is 63.5 Å². The zero-order chi connectivity index (χ0) is 10.5. The van der Waals surface area contributed by atoms with Crippen molar-refractivity contribution in [2.75, 3.05) is 20.1 Å². The summed E-state index contributed by atoms with van der Waals surface area (Å²) in [5.41, 5.74) is 0. The molecule has 2 heteroatoms. The molecule has 1 atom stereocenters. The van der Waals surface area contributed by atoms with E-state index >= 15 is 0 Å². The lowest BCUT2D eigenvalue weighted by molar-refractivity contribution is 0.340. The van der Waals surface area contributed by atoms with Crippen LogP contribution in [-0.2, 0) is 0 Å². The summed E-state index contributed by atoms with van der Waals surface area (Å²) in [5, 5.41) is 3.87. The van der Waals surface area contributed by atoms with Crippen LogP contribution in [0, 0.1) is 0 Å². The molecule has 2 nitrogen and oxygen atoms in total. The lowest BCUT2D eigenvalue weighted by Gasteiger charge is -2.24. The molecule has 1 saturated heterocycles. The molecule has 0 unspecified atom stereocenters. The first-order valence-corrected chi connectivity index (χ1v) is 6.79. The second-order valence-electron chi connectivity index (χ2n) is 5.46. The van der Waals surface area contributed by atoms with Gasteiger partial charge in [0.15, 0.2) is 0 Å². The molecule has 1 aliphatic heterocycles. The Labute approximate surface area is 94.4 Å². The SMILES string of the molecule is CN1CC[C@@H](NC2CCCCCCC2)C1. The third-order valence-corrected chi connectivity index (χ3v) is 3.97. The molecule has 0 aromatic heterocycles. The van der Waals surface area contributed by atoms with E-state index in [0.29, 0.717) is 0 Å². The monoisotopic (exact) mass is 210 g/mol. The average Bonchev–Trinajstić information content (AvgIpc) is 2.56. The minimum atomic E-state index is 0.777. The second kappa shape index (κ2) is 5.86. The van der Waals surface area contributed by atoms with Gasteiger partial charge in [0.2, 0.25) is 0 Å². The molecular weight excluding hydrogens is 184 g/mol. The summed E-state index contributed by atoms with van der Waals surface area (Å²) in [6.07, 6.45) is 11.5. The minimum Gasteiger partial charge on any atom is -0.310 e. The van der Waals surface area contributed by atoms with Crippen molar-refractivity contribution in [3.8, 4) is 0 Å². The van der Waals surface area contributed by atoms with Gasteiger partial charge in [-0.1, -0.05) is 32.1 Å². The van der Waals surface area contributed by atoms with Crippen LogP contribution >= 0.6 is 0 Å². The Balaban J connectivity index is 1.71. The van der Waals surface area contributed by atoms with Gasteiger partial charge in [0.25, 0.3) is 0 Å². The molecule has 1 aliphatic carbocycles. The maximum Gasteiger partial charge on any atom is 0.0209 e. The van der Waals surface area contributed by atoms with Crippen molar-refractivity contribution in [3.05, 3.63) is 0 Å². The van der Waals surface area contributed by atoms with Crippen LogP contribution in [0.5, 0.6) is 0 Å². The van der Waals surface area contributed by atoms with Crippen molar-refractivity contribution in [1.82, 2.24) is 10.2 Å². The zero-order valence-corrected chi connectivity index (χ0v) is 10.2. The van der Waals surface area contributed by atoms with Crippen LogP contribution in [0.4, 0.5) is 0 Å². The number of hydrogen-bond donors (Lipinski definition) is 1. The van der Waals surface area contributed by atoms with E-state index in [9.17, 15) is 0 Å². The average molecular weight is 210 g/mol. The predicted octanol–water partition coefficient (Wildman–Crippen LogP) is 2.39. The first-order chi connectivity index (χ1) is 7.34. The van der Waals surface area contributed by atoms with Crippen LogP contribution in [-0.4, -0.2) is 37.1 Å². The van der Waals surface area contributed by atoms with Gasteiger partial charge in [-0.05, 0) is 32.9 Å². The maximum absolute atomic E-state index is 3.87. The second-order valence-corrected chi connectivity index (χ2v) is 5.46. The van der Waals surface area contributed by atoms with Gasteiger partial charge in [-0.3, -0.25) is 0 Å². The molecule has 2 aliphatic rings. The first kappa shape index (κ1) is 11.4. The molecule has 1 N–H and O–H groups in total. The van der Waals surface area contributed by atoms with E-state index in [4.69, 9.17) is 0 Å². The van der Waals surface area contributed by atoms with E-state index in [1.165, 1.54) is 64.5 Å². The summed E-state index contributed by atoms with van der Waals surface area (Å²) >= 11 is 0. The molecule has 1 saturated carbocycles. The topological polar surface area (TPSA) is 15.3 Å². The Morgan fingerprint density at radius 3 is 2.13 bits per heavy atom. The highest BCUT2D eigenvalue weighted by atomic mass is 15.2. The third-order valence-electron chi connectivity index (χ3n) is 3.97. The Morgan fingerprint density at radius 2 is 1.53 bits per heavy atom. The van der Waals surface area contributed by atoms with Crippen LogP contribution in [0.3, 0.4) is 0 Å². The van der Waals surface area contributed by atoms with E-state index < -0.39 is 0 Å². The van der Waals surface area contributed by atoms with Crippen molar-refractivity contribution >= 4 is 0 Å². The van der Waals surface area contributed by atoms with Gasteiger partial charge < -0.3 is 10.2 Å². The number of hydrogen-bond acceptors (Lipinski definition) is 2. The van der Waals surface area contributed by atoms with Gasteiger partial charge in [-0.25, -0.2) is 0 Å². The standard InChI is InChI=1S/C13H26N2/c1-15-10-9-13(11-15)14-12-7-5-3-2-4-6-8-12/h12-14H,2-11H2,1H3/t13-/m1/s1. The van der Waals surface area contributed by atoms with Crippen LogP contribution in [0.2, 0.25) is 0 Å². The fourth-order valence-corrected chi connectivity index (χ4v) is 3.03. The van der Waals surface area contributed by atoms with Crippen LogP contribution in [0.1, 0.15) is 51.4 Å². The summed E-state index contributed by atoms with van der Waals surface area (Å²) in [4.78, 5) is 2.45. The number of likely N-dealkylation sites (N-methyl/N-ethyl adjacent to an activating group) is 1. The smallest absolute Gasteiger partial charge is 0.0209 e. The lowest BCUT2D eigenvalue weighted by Crippen LogP contribution is -2.40. The third kappa shape index (κ3) is 3.76. The van der Waals surface area contributed by atoms with Gasteiger partial charge >= 0.3 is 0 Å². The van der Waals surface area contributed by atoms with Gasteiger partial charge in [0.05, 0.1) is 0 Å². The van der Waals surface area contributed by atoms with Crippen LogP contribution in [0.15, 0.2) is 0 Å². The Morgan fingerprint density at radius 1 is 0.867 bits per heavy atom. The van der Waals surface area contributed by atoms with Crippen LogP contribution in [0.25, 0.3) is 0 Å². The summed E-state index contributed by atoms with van der Waals surface area (Å²) in [6.45, 7) is 2.54. The molecule has 0 aromatic rings. The summed E-state index contributed by atoms with van der Waals surface area (Å²) in [7, 11) is 2.24. The number of likely N-dealkylation sites (tertiary alicyclic amines) is 1. The van der Waals surface area contributed by atoms with E-state index in [0.717, 1.165) is 12.1 Å². The van der Waals surface area contributed by atoms with E-state index in [-0.39, 0.29) is 0 Å². The molecule has 88 valence electrons. The fourth-order valence-electron chi connectivity index (χ4n) is 3.03. The molecule has 2 fully saturated rings. The molecule has 15 heavy (non-hydrogen) atoms. The molecule has 0 bridgehead atoms. The highest BCUT2D eigenvalue weighted by Crippen LogP contribution is 2.18. The van der Waals surface area contributed by atoms with E-state index in [2.05, 4.69) is 17.3 Å². The van der Waals surface area contributed by atoms with Crippen molar-refractivity contribution < 1.29 is 0 Å². The zero-order valence-electron chi connectivity index (χ0n) is 10.2. The largest absolute Gasteiger partial charge is 0.310 e. The Hall–Kier alpha value is -0.0800. The lowest BCUT2D eigenvalue weighted by atomic mass is 9.96. The molecule has 2 rings (SSSR count). The molecule has 0 radical (unpaired) electrons.